The lowest BCUT2D eigenvalue weighted by Crippen LogP contribution is -2.49. The number of hydrogen-bond acceptors (Lipinski definition) is 8. The molecule has 4 aromatic carbocycles. The Balaban J connectivity index is 1.39. The van der Waals surface area contributed by atoms with Gasteiger partial charge in [-0.1, -0.05) is 72.3 Å². The van der Waals surface area contributed by atoms with Gasteiger partial charge in [0.15, 0.2) is 9.84 Å². The number of carbonyl (C=O) groups is 2. The molecule has 0 bridgehead atoms. The first-order valence-corrected chi connectivity index (χ1v) is 18.6. The van der Waals surface area contributed by atoms with Crippen molar-refractivity contribution in [1.82, 2.24) is 14.7 Å². The Hall–Kier alpha value is -5.96. The normalized spacial score (nSPS) is 17.8. The van der Waals surface area contributed by atoms with Crippen LogP contribution in [0.5, 0.6) is 11.5 Å². The smallest absolute Gasteiger partial charge is 0.272 e. The van der Waals surface area contributed by atoms with Gasteiger partial charge in [0.2, 0.25) is 0 Å². The highest BCUT2D eigenvalue weighted by atomic mass is 35.5. The Kier molecular flexibility index (Phi) is 9.51. The number of methoxy groups -OCH3 is 1. The molecule has 5 aromatic rings. The number of sulfone groups is 1. The first-order chi connectivity index (χ1) is 25.2. The fraction of sp³-hybridized carbons (Fsp3) is 0.150. The first kappa shape index (κ1) is 34.5. The maximum atomic E-state index is 14.5. The van der Waals surface area contributed by atoms with Crippen molar-refractivity contribution in [3.8, 4) is 34.5 Å². The highest BCUT2D eigenvalue weighted by Gasteiger charge is 2.45. The quantitative estimate of drug-likeness (QED) is 0.121. The van der Waals surface area contributed by atoms with Gasteiger partial charge in [-0.25, -0.2) is 13.1 Å². The molecule has 1 aromatic heterocycles. The van der Waals surface area contributed by atoms with E-state index < -0.39 is 27.7 Å². The van der Waals surface area contributed by atoms with Gasteiger partial charge < -0.3 is 9.47 Å². The van der Waals surface area contributed by atoms with Crippen LogP contribution in [-0.4, -0.2) is 59.6 Å². The number of nitriles is 1. The van der Waals surface area contributed by atoms with Crippen molar-refractivity contribution in [3.05, 3.63) is 142 Å². The molecule has 0 N–H and O–H groups in total. The molecule has 1 saturated heterocycles. The molecule has 2 aliphatic rings. The fourth-order valence-electron chi connectivity index (χ4n) is 6.39. The van der Waals surface area contributed by atoms with E-state index >= 15 is 0 Å². The summed E-state index contributed by atoms with van der Waals surface area (Å²) in [5.41, 5.74) is 3.60. The van der Waals surface area contributed by atoms with Crippen LogP contribution in [0.4, 0.5) is 0 Å². The van der Waals surface area contributed by atoms with Crippen molar-refractivity contribution in [2.45, 2.75) is 19.1 Å². The van der Waals surface area contributed by atoms with Gasteiger partial charge in [0.05, 0.1) is 35.9 Å². The lowest BCUT2D eigenvalue weighted by atomic mass is 9.86. The van der Waals surface area contributed by atoms with E-state index in [0.29, 0.717) is 38.9 Å². The second-order valence-electron chi connectivity index (χ2n) is 12.3. The lowest BCUT2D eigenvalue weighted by Gasteiger charge is -2.32. The zero-order valence-corrected chi connectivity index (χ0v) is 29.5. The summed E-state index contributed by atoms with van der Waals surface area (Å²) in [6.07, 6.45) is 3.46. The lowest BCUT2D eigenvalue weighted by molar-refractivity contribution is -0.142. The van der Waals surface area contributed by atoms with Crippen LogP contribution in [0.15, 0.2) is 120 Å². The van der Waals surface area contributed by atoms with Crippen LogP contribution in [0, 0.1) is 11.3 Å². The summed E-state index contributed by atoms with van der Waals surface area (Å²) in [7, 11) is -1.96. The number of imide groups is 1. The van der Waals surface area contributed by atoms with E-state index in [1.165, 1.54) is 7.11 Å². The Morgan fingerprint density at radius 3 is 2.37 bits per heavy atom. The average molecular weight is 731 g/mol. The molecular formula is C40H31ClN4O6S. The molecule has 1 fully saturated rings. The predicted molar refractivity (Wildman–Crippen MR) is 197 cm³/mol. The molecule has 0 aliphatic carbocycles. The largest absolute Gasteiger partial charge is 0.497 e. The van der Waals surface area contributed by atoms with Gasteiger partial charge in [-0.05, 0) is 60.5 Å². The standard InChI is InChI=1S/C40H31ClN4O6S/c1-50-32-16-14-26(15-17-32)37-34(39(46)45(40(47)35(37)22-42)31-18-19-52(48,49)25-31)21-29-23-44(30-10-3-2-4-11-30)43-38(29)27-9-7-12-33(20-27)51-24-28-8-5-6-13-36(28)41/h2-17,20-21,23,31H,18-19,24-25H2,1H3/b34-21-. The summed E-state index contributed by atoms with van der Waals surface area (Å²) in [6, 6.07) is 32.0. The molecule has 52 heavy (non-hydrogen) atoms. The molecule has 3 heterocycles. The highest BCUT2D eigenvalue weighted by molar-refractivity contribution is 7.91. The van der Waals surface area contributed by atoms with Crippen molar-refractivity contribution < 1.29 is 27.5 Å². The number of hydrogen-bond donors (Lipinski definition) is 0. The molecule has 10 nitrogen and oxygen atoms in total. The second kappa shape index (κ2) is 14.3. The Morgan fingerprint density at radius 2 is 1.67 bits per heavy atom. The monoisotopic (exact) mass is 730 g/mol. The summed E-state index contributed by atoms with van der Waals surface area (Å²) in [6.45, 7) is 0.237. The van der Waals surface area contributed by atoms with E-state index in [2.05, 4.69) is 0 Å². The fourth-order valence-corrected chi connectivity index (χ4v) is 8.28. The van der Waals surface area contributed by atoms with Crippen molar-refractivity contribution in [2.75, 3.05) is 18.6 Å². The summed E-state index contributed by atoms with van der Waals surface area (Å²) in [5.74, 6) is -0.958. The number of amides is 2. The molecule has 0 spiro atoms. The van der Waals surface area contributed by atoms with E-state index in [9.17, 15) is 23.3 Å². The third-order valence-electron chi connectivity index (χ3n) is 8.99. The van der Waals surface area contributed by atoms with Crippen LogP contribution >= 0.6 is 11.6 Å². The number of para-hydroxylation sites is 1. The van der Waals surface area contributed by atoms with Gasteiger partial charge in [-0.15, -0.1) is 0 Å². The van der Waals surface area contributed by atoms with Gasteiger partial charge >= 0.3 is 0 Å². The number of aromatic nitrogens is 2. The topological polar surface area (TPSA) is 132 Å². The van der Waals surface area contributed by atoms with Gasteiger partial charge in [0.1, 0.15) is 35.4 Å². The number of carbonyl (C=O) groups excluding carboxylic acids is 2. The summed E-state index contributed by atoms with van der Waals surface area (Å²) in [5, 5.41) is 15.9. The average Bonchev–Trinajstić information content (AvgIpc) is 3.75. The van der Waals surface area contributed by atoms with Crippen LogP contribution in [0.25, 0.3) is 28.6 Å². The van der Waals surface area contributed by atoms with Crippen LogP contribution < -0.4 is 9.47 Å². The van der Waals surface area contributed by atoms with E-state index in [1.54, 1.807) is 47.3 Å². The summed E-state index contributed by atoms with van der Waals surface area (Å²) >= 11 is 6.36. The molecule has 1 atom stereocenters. The highest BCUT2D eigenvalue weighted by Crippen LogP contribution is 2.39. The van der Waals surface area contributed by atoms with E-state index in [4.69, 9.17) is 26.2 Å². The second-order valence-corrected chi connectivity index (χ2v) is 14.9. The SMILES string of the molecule is COc1ccc(C2=C(C#N)C(=O)N(C3CCS(=O)(=O)C3)C(=O)/C2=C\c2cn(-c3ccccc3)nc2-c2cccc(OCc3ccccc3Cl)c2)cc1. The van der Waals surface area contributed by atoms with E-state index in [-0.39, 0.29) is 41.3 Å². The first-order valence-electron chi connectivity index (χ1n) is 16.4. The Labute approximate surface area is 305 Å². The van der Waals surface area contributed by atoms with Crippen LogP contribution in [0.1, 0.15) is 23.1 Å². The number of benzene rings is 4. The number of rotatable bonds is 9. The Morgan fingerprint density at radius 1 is 0.923 bits per heavy atom. The van der Waals surface area contributed by atoms with Gasteiger partial charge in [-0.3, -0.25) is 14.5 Å². The van der Waals surface area contributed by atoms with Gasteiger partial charge in [0.25, 0.3) is 11.8 Å². The van der Waals surface area contributed by atoms with E-state index in [0.717, 1.165) is 16.2 Å². The molecule has 2 amide bonds. The van der Waals surface area contributed by atoms with Crippen LogP contribution in [0.2, 0.25) is 5.02 Å². The summed E-state index contributed by atoms with van der Waals surface area (Å²) < 4.78 is 38.1. The third-order valence-corrected chi connectivity index (χ3v) is 11.1. The summed E-state index contributed by atoms with van der Waals surface area (Å²) in [4.78, 5) is 29.4. The van der Waals surface area contributed by atoms with E-state index in [1.807, 2.05) is 78.9 Å². The predicted octanol–water partition coefficient (Wildman–Crippen LogP) is 6.70. The van der Waals surface area contributed by atoms with Crippen molar-refractivity contribution >= 4 is 44.9 Å². The van der Waals surface area contributed by atoms with Crippen LogP contribution in [0.3, 0.4) is 0 Å². The minimum atomic E-state index is -3.48. The van der Waals surface area contributed by atoms with Gasteiger partial charge in [-0.2, -0.15) is 10.4 Å². The zero-order valence-electron chi connectivity index (χ0n) is 27.9. The minimum absolute atomic E-state index is 0.0469. The van der Waals surface area contributed by atoms with Crippen molar-refractivity contribution in [2.24, 2.45) is 0 Å². The number of nitrogens with zero attached hydrogens (tertiary/aromatic N) is 4. The van der Waals surface area contributed by atoms with Gasteiger partial charge in [0, 0.05) is 33.5 Å². The maximum Gasteiger partial charge on any atom is 0.272 e. The van der Waals surface area contributed by atoms with Crippen molar-refractivity contribution in [1.29, 1.82) is 5.26 Å². The number of halogens is 1. The molecule has 1 unspecified atom stereocenters. The molecule has 0 saturated carbocycles. The molecule has 0 radical (unpaired) electrons. The zero-order chi connectivity index (χ0) is 36.4. The third kappa shape index (κ3) is 6.86. The molecule has 2 aliphatic heterocycles. The minimum Gasteiger partial charge on any atom is -0.497 e. The molecular weight excluding hydrogens is 700 g/mol. The molecule has 7 rings (SSSR count). The van der Waals surface area contributed by atoms with Crippen molar-refractivity contribution in [3.63, 3.8) is 0 Å². The maximum absolute atomic E-state index is 14.5. The molecule has 12 heteroatoms. The van der Waals surface area contributed by atoms with Crippen LogP contribution in [-0.2, 0) is 26.0 Å². The molecule has 260 valence electrons. The Bertz CT molecular complexity index is 2410. The number of ether oxygens (including phenoxy) is 2.